The number of rotatable bonds is 4. The second kappa shape index (κ2) is 6.41. The predicted octanol–water partition coefficient (Wildman–Crippen LogP) is 2.98. The molecule has 3 N–H and O–H groups in total. The van der Waals surface area contributed by atoms with Crippen LogP contribution >= 0.6 is 0 Å². The Balaban J connectivity index is 1.84. The first kappa shape index (κ1) is 13.7. The van der Waals surface area contributed by atoms with Crippen LogP contribution in [0.2, 0.25) is 0 Å². The molecule has 1 aliphatic rings. The molecule has 0 heterocycles. The summed E-state index contributed by atoms with van der Waals surface area (Å²) in [5.74, 6) is 0.630. The Morgan fingerprint density at radius 1 is 1.32 bits per heavy atom. The van der Waals surface area contributed by atoms with E-state index in [-0.39, 0.29) is 11.9 Å². The van der Waals surface area contributed by atoms with Gasteiger partial charge in [0.1, 0.15) is 0 Å². The van der Waals surface area contributed by atoms with Crippen molar-refractivity contribution in [1.29, 1.82) is 0 Å². The molecule has 0 spiro atoms. The van der Waals surface area contributed by atoms with Crippen LogP contribution in [0.3, 0.4) is 0 Å². The summed E-state index contributed by atoms with van der Waals surface area (Å²) >= 11 is 0. The van der Waals surface area contributed by atoms with Crippen molar-refractivity contribution >= 4 is 17.7 Å². The van der Waals surface area contributed by atoms with Gasteiger partial charge < -0.3 is 11.1 Å². The Morgan fingerprint density at radius 2 is 1.95 bits per heavy atom. The Morgan fingerprint density at radius 3 is 2.58 bits per heavy atom. The summed E-state index contributed by atoms with van der Waals surface area (Å²) in [7, 11) is 0. The summed E-state index contributed by atoms with van der Waals surface area (Å²) < 4.78 is 0. The van der Waals surface area contributed by atoms with Gasteiger partial charge in [-0.05, 0) is 49.5 Å². The molecule has 1 atom stereocenters. The monoisotopic (exact) mass is 258 g/mol. The van der Waals surface area contributed by atoms with E-state index in [1.165, 1.54) is 25.7 Å². The topological polar surface area (TPSA) is 55.1 Å². The summed E-state index contributed by atoms with van der Waals surface area (Å²) in [5.41, 5.74) is 7.33. The van der Waals surface area contributed by atoms with Crippen LogP contribution in [0.25, 0.3) is 6.08 Å². The smallest absolute Gasteiger partial charge is 0.244 e. The van der Waals surface area contributed by atoms with E-state index in [1.807, 2.05) is 30.3 Å². The van der Waals surface area contributed by atoms with Crippen molar-refractivity contribution in [3.63, 3.8) is 0 Å². The Bertz CT molecular complexity index is 444. The van der Waals surface area contributed by atoms with Crippen LogP contribution in [0.5, 0.6) is 0 Å². The minimum absolute atomic E-state index is 0.0174. The molecule has 0 bridgehead atoms. The fraction of sp³-hybridized carbons (Fsp3) is 0.438. The minimum Gasteiger partial charge on any atom is -0.399 e. The standard InChI is InChI=1S/C16H22N2O/c1-12(14-4-2-3-5-14)18-16(19)11-8-13-6-9-15(17)10-7-13/h6-12,14H,2-5,17H2,1H3,(H,18,19)/b11-8+/t12-/m1/s1. The molecule has 0 aromatic heterocycles. The number of anilines is 1. The van der Waals surface area contributed by atoms with Gasteiger partial charge in [-0.3, -0.25) is 4.79 Å². The SMILES string of the molecule is C[C@@H](NC(=O)/C=C/c1ccc(N)cc1)C1CCCC1. The fourth-order valence-electron chi connectivity index (χ4n) is 2.63. The van der Waals surface area contributed by atoms with Gasteiger partial charge in [-0.1, -0.05) is 25.0 Å². The van der Waals surface area contributed by atoms with Gasteiger partial charge in [0.25, 0.3) is 0 Å². The van der Waals surface area contributed by atoms with E-state index < -0.39 is 0 Å². The molecule has 1 amide bonds. The van der Waals surface area contributed by atoms with E-state index in [4.69, 9.17) is 5.73 Å². The number of carbonyl (C=O) groups excluding carboxylic acids is 1. The fourth-order valence-corrected chi connectivity index (χ4v) is 2.63. The summed E-state index contributed by atoms with van der Waals surface area (Å²) in [6, 6.07) is 7.74. The minimum atomic E-state index is -0.0174. The lowest BCUT2D eigenvalue weighted by Gasteiger charge is -2.19. The van der Waals surface area contributed by atoms with E-state index in [0.29, 0.717) is 5.92 Å². The third kappa shape index (κ3) is 4.12. The summed E-state index contributed by atoms with van der Waals surface area (Å²) in [4.78, 5) is 11.8. The zero-order valence-corrected chi connectivity index (χ0v) is 11.4. The maximum Gasteiger partial charge on any atom is 0.244 e. The molecule has 0 radical (unpaired) electrons. The first-order chi connectivity index (χ1) is 9.15. The normalized spacial score (nSPS) is 17.7. The van der Waals surface area contributed by atoms with Crippen LogP contribution in [-0.2, 0) is 4.79 Å². The summed E-state index contributed by atoms with van der Waals surface area (Å²) in [6.45, 7) is 2.10. The maximum atomic E-state index is 11.8. The number of hydrogen-bond donors (Lipinski definition) is 2. The van der Waals surface area contributed by atoms with Gasteiger partial charge in [0.15, 0.2) is 0 Å². The molecule has 3 nitrogen and oxygen atoms in total. The number of carbonyl (C=O) groups is 1. The van der Waals surface area contributed by atoms with Crippen molar-refractivity contribution in [2.75, 3.05) is 5.73 Å². The molecular weight excluding hydrogens is 236 g/mol. The molecule has 102 valence electrons. The predicted molar refractivity (Wildman–Crippen MR) is 79.5 cm³/mol. The van der Waals surface area contributed by atoms with Crippen molar-refractivity contribution in [2.45, 2.75) is 38.6 Å². The highest BCUT2D eigenvalue weighted by atomic mass is 16.1. The quantitative estimate of drug-likeness (QED) is 0.644. The highest BCUT2D eigenvalue weighted by Crippen LogP contribution is 2.27. The highest BCUT2D eigenvalue weighted by molar-refractivity contribution is 5.91. The lowest BCUT2D eigenvalue weighted by molar-refractivity contribution is -0.117. The number of amides is 1. The molecule has 1 aliphatic carbocycles. The third-order valence-corrected chi connectivity index (χ3v) is 3.84. The maximum absolute atomic E-state index is 11.8. The lowest BCUT2D eigenvalue weighted by atomic mass is 10.00. The molecule has 0 unspecified atom stereocenters. The van der Waals surface area contributed by atoms with Gasteiger partial charge in [-0.25, -0.2) is 0 Å². The van der Waals surface area contributed by atoms with Crippen LogP contribution in [0.1, 0.15) is 38.2 Å². The van der Waals surface area contributed by atoms with E-state index in [9.17, 15) is 4.79 Å². The number of nitrogen functional groups attached to an aromatic ring is 1. The van der Waals surface area contributed by atoms with Gasteiger partial charge >= 0.3 is 0 Å². The van der Waals surface area contributed by atoms with Crippen LogP contribution in [0.15, 0.2) is 30.3 Å². The molecular formula is C16H22N2O. The van der Waals surface area contributed by atoms with Gasteiger partial charge in [-0.15, -0.1) is 0 Å². The average Bonchev–Trinajstić information content (AvgIpc) is 2.92. The highest BCUT2D eigenvalue weighted by Gasteiger charge is 2.21. The van der Waals surface area contributed by atoms with Crippen molar-refractivity contribution in [3.8, 4) is 0 Å². The van der Waals surface area contributed by atoms with Gasteiger partial charge in [-0.2, -0.15) is 0 Å². The van der Waals surface area contributed by atoms with Crippen molar-refractivity contribution in [1.82, 2.24) is 5.32 Å². The van der Waals surface area contributed by atoms with Crippen LogP contribution in [0.4, 0.5) is 5.69 Å². The number of hydrogen-bond acceptors (Lipinski definition) is 2. The first-order valence-corrected chi connectivity index (χ1v) is 6.99. The zero-order chi connectivity index (χ0) is 13.7. The van der Waals surface area contributed by atoms with Crippen molar-refractivity contribution < 1.29 is 4.79 Å². The first-order valence-electron chi connectivity index (χ1n) is 6.99. The average molecular weight is 258 g/mol. The molecule has 2 rings (SSSR count). The largest absolute Gasteiger partial charge is 0.399 e. The Kier molecular flexibility index (Phi) is 4.61. The molecule has 1 fully saturated rings. The van der Waals surface area contributed by atoms with Crippen LogP contribution < -0.4 is 11.1 Å². The van der Waals surface area contributed by atoms with Crippen molar-refractivity contribution in [2.24, 2.45) is 5.92 Å². The van der Waals surface area contributed by atoms with Crippen molar-refractivity contribution in [3.05, 3.63) is 35.9 Å². The van der Waals surface area contributed by atoms with E-state index >= 15 is 0 Å². The zero-order valence-electron chi connectivity index (χ0n) is 11.4. The molecule has 1 aromatic rings. The van der Waals surface area contributed by atoms with Crippen LogP contribution in [0, 0.1) is 5.92 Å². The van der Waals surface area contributed by atoms with E-state index in [2.05, 4.69) is 12.2 Å². The summed E-state index contributed by atoms with van der Waals surface area (Å²) in [5, 5.41) is 3.05. The molecule has 0 saturated heterocycles. The number of benzene rings is 1. The second-order valence-electron chi connectivity index (χ2n) is 5.34. The van der Waals surface area contributed by atoms with Gasteiger partial charge in [0.05, 0.1) is 0 Å². The molecule has 1 saturated carbocycles. The molecule has 3 heteroatoms. The molecule has 19 heavy (non-hydrogen) atoms. The summed E-state index contributed by atoms with van der Waals surface area (Å²) in [6.07, 6.45) is 8.48. The van der Waals surface area contributed by atoms with E-state index in [0.717, 1.165) is 11.3 Å². The van der Waals surface area contributed by atoms with E-state index in [1.54, 1.807) is 6.08 Å². The lowest BCUT2D eigenvalue weighted by Crippen LogP contribution is -2.36. The van der Waals surface area contributed by atoms with Gasteiger partial charge in [0, 0.05) is 17.8 Å². The Labute approximate surface area is 114 Å². The second-order valence-corrected chi connectivity index (χ2v) is 5.34. The van der Waals surface area contributed by atoms with Crippen LogP contribution in [-0.4, -0.2) is 11.9 Å². The third-order valence-electron chi connectivity index (χ3n) is 3.84. The number of nitrogens with one attached hydrogen (secondary N) is 1. The van der Waals surface area contributed by atoms with Gasteiger partial charge in [0.2, 0.25) is 5.91 Å². The number of nitrogens with two attached hydrogens (primary N) is 1. The molecule has 0 aliphatic heterocycles. The Hall–Kier alpha value is -1.77. The molecule has 1 aromatic carbocycles.